The Hall–Kier alpha value is -1.35. The standard InChI is InChI=1S/C13H17NO2/c15-9-12(14-13(16)11-6-7-11)8-10-4-2-1-3-5-10/h1-5,11-12,15H,6-9H2,(H,14,16)/t12-/m0/s1. The molecule has 1 atom stereocenters. The van der Waals surface area contributed by atoms with E-state index in [2.05, 4.69) is 5.32 Å². The maximum Gasteiger partial charge on any atom is 0.223 e. The van der Waals surface area contributed by atoms with E-state index in [9.17, 15) is 9.90 Å². The number of aliphatic hydroxyl groups excluding tert-OH is 1. The van der Waals surface area contributed by atoms with Crippen molar-refractivity contribution in [2.75, 3.05) is 6.61 Å². The van der Waals surface area contributed by atoms with Gasteiger partial charge >= 0.3 is 0 Å². The van der Waals surface area contributed by atoms with Gasteiger partial charge in [-0.15, -0.1) is 0 Å². The number of aliphatic hydroxyl groups is 1. The summed E-state index contributed by atoms with van der Waals surface area (Å²) in [5.74, 6) is 0.291. The minimum Gasteiger partial charge on any atom is -0.394 e. The fourth-order valence-corrected chi connectivity index (χ4v) is 1.72. The van der Waals surface area contributed by atoms with Gasteiger partial charge in [0.15, 0.2) is 0 Å². The van der Waals surface area contributed by atoms with Gasteiger partial charge < -0.3 is 10.4 Å². The molecule has 0 saturated heterocycles. The SMILES string of the molecule is O=C(N[C@H](CO)Cc1ccccc1)C1CC1. The number of hydrogen-bond acceptors (Lipinski definition) is 2. The molecule has 1 aromatic rings. The van der Waals surface area contributed by atoms with Crippen LogP contribution in [0.4, 0.5) is 0 Å². The minimum absolute atomic E-state index is 0.00659. The van der Waals surface area contributed by atoms with Crippen LogP contribution in [-0.4, -0.2) is 23.7 Å². The predicted octanol–water partition coefficient (Wildman–Crippen LogP) is 1.12. The third-order valence-corrected chi connectivity index (χ3v) is 2.84. The Morgan fingerprint density at radius 2 is 2.06 bits per heavy atom. The zero-order valence-electron chi connectivity index (χ0n) is 9.23. The number of carbonyl (C=O) groups excluding carboxylic acids is 1. The first kappa shape index (κ1) is 11.1. The molecular weight excluding hydrogens is 202 g/mol. The molecule has 0 bridgehead atoms. The summed E-state index contributed by atoms with van der Waals surface area (Å²) in [4.78, 5) is 11.5. The Morgan fingerprint density at radius 1 is 1.38 bits per heavy atom. The molecule has 0 spiro atoms. The molecule has 1 aliphatic carbocycles. The van der Waals surface area contributed by atoms with Crippen molar-refractivity contribution in [1.29, 1.82) is 0 Å². The van der Waals surface area contributed by atoms with E-state index in [1.807, 2.05) is 30.3 Å². The normalized spacial score (nSPS) is 16.8. The number of hydrogen-bond donors (Lipinski definition) is 2. The van der Waals surface area contributed by atoms with E-state index in [0.29, 0.717) is 6.42 Å². The first-order valence-corrected chi connectivity index (χ1v) is 5.74. The molecule has 86 valence electrons. The number of amides is 1. The molecule has 1 fully saturated rings. The van der Waals surface area contributed by atoms with Crippen LogP contribution in [-0.2, 0) is 11.2 Å². The molecule has 3 nitrogen and oxygen atoms in total. The molecule has 3 heteroatoms. The van der Waals surface area contributed by atoms with Crippen LogP contribution in [0.15, 0.2) is 30.3 Å². The van der Waals surface area contributed by atoms with Crippen molar-refractivity contribution in [1.82, 2.24) is 5.32 Å². The summed E-state index contributed by atoms with van der Waals surface area (Å²) in [5.41, 5.74) is 1.14. The van der Waals surface area contributed by atoms with Gasteiger partial charge in [0.1, 0.15) is 0 Å². The molecule has 0 radical (unpaired) electrons. The van der Waals surface area contributed by atoms with E-state index < -0.39 is 0 Å². The molecule has 1 aliphatic rings. The summed E-state index contributed by atoms with van der Waals surface area (Å²) in [6.45, 7) is -0.00659. The summed E-state index contributed by atoms with van der Waals surface area (Å²) in [5, 5.41) is 12.1. The first-order chi connectivity index (χ1) is 7.79. The van der Waals surface area contributed by atoms with Crippen molar-refractivity contribution in [3.63, 3.8) is 0 Å². The molecule has 0 aliphatic heterocycles. The van der Waals surface area contributed by atoms with Crippen LogP contribution >= 0.6 is 0 Å². The van der Waals surface area contributed by atoms with Crippen LogP contribution in [0.3, 0.4) is 0 Å². The van der Waals surface area contributed by atoms with Crippen molar-refractivity contribution in [2.24, 2.45) is 5.92 Å². The van der Waals surface area contributed by atoms with Gasteiger partial charge in [-0.1, -0.05) is 30.3 Å². The summed E-state index contributed by atoms with van der Waals surface area (Å²) < 4.78 is 0. The lowest BCUT2D eigenvalue weighted by molar-refractivity contribution is -0.123. The van der Waals surface area contributed by atoms with Crippen molar-refractivity contribution >= 4 is 5.91 Å². The van der Waals surface area contributed by atoms with Gasteiger partial charge in [-0.25, -0.2) is 0 Å². The van der Waals surface area contributed by atoms with E-state index in [0.717, 1.165) is 18.4 Å². The van der Waals surface area contributed by atoms with Crippen molar-refractivity contribution < 1.29 is 9.90 Å². The van der Waals surface area contributed by atoms with Crippen LogP contribution in [0.25, 0.3) is 0 Å². The molecule has 2 N–H and O–H groups in total. The number of nitrogens with one attached hydrogen (secondary N) is 1. The zero-order chi connectivity index (χ0) is 11.4. The zero-order valence-corrected chi connectivity index (χ0v) is 9.23. The molecule has 0 aromatic heterocycles. The fourth-order valence-electron chi connectivity index (χ4n) is 1.72. The maximum atomic E-state index is 11.5. The van der Waals surface area contributed by atoms with E-state index in [4.69, 9.17) is 0 Å². The van der Waals surface area contributed by atoms with Gasteiger partial charge in [-0.3, -0.25) is 4.79 Å². The lowest BCUT2D eigenvalue weighted by atomic mass is 10.1. The van der Waals surface area contributed by atoms with Crippen LogP contribution in [0.5, 0.6) is 0 Å². The Bertz CT molecular complexity index is 346. The lowest BCUT2D eigenvalue weighted by Crippen LogP contribution is -2.39. The Balaban J connectivity index is 1.87. The summed E-state index contributed by atoms with van der Waals surface area (Å²) in [6.07, 6.45) is 2.68. The van der Waals surface area contributed by atoms with Crippen LogP contribution in [0.1, 0.15) is 18.4 Å². The highest BCUT2D eigenvalue weighted by Gasteiger charge is 2.30. The molecule has 2 rings (SSSR count). The summed E-state index contributed by atoms with van der Waals surface area (Å²) >= 11 is 0. The Kier molecular flexibility index (Phi) is 3.57. The van der Waals surface area contributed by atoms with Gasteiger partial charge in [-0.2, -0.15) is 0 Å². The lowest BCUT2D eigenvalue weighted by Gasteiger charge is -2.16. The first-order valence-electron chi connectivity index (χ1n) is 5.74. The molecular formula is C13H17NO2. The second kappa shape index (κ2) is 5.12. The van der Waals surface area contributed by atoms with Crippen molar-refractivity contribution in [3.05, 3.63) is 35.9 Å². The molecule has 1 amide bonds. The van der Waals surface area contributed by atoms with E-state index in [1.165, 1.54) is 0 Å². The van der Waals surface area contributed by atoms with Gasteiger partial charge in [0.25, 0.3) is 0 Å². The number of rotatable bonds is 5. The smallest absolute Gasteiger partial charge is 0.223 e. The highest BCUT2D eigenvalue weighted by molar-refractivity contribution is 5.81. The average molecular weight is 219 g/mol. The largest absolute Gasteiger partial charge is 0.394 e. The maximum absolute atomic E-state index is 11.5. The molecule has 0 unspecified atom stereocenters. The highest BCUT2D eigenvalue weighted by Crippen LogP contribution is 2.28. The molecule has 16 heavy (non-hydrogen) atoms. The number of benzene rings is 1. The predicted molar refractivity (Wildman–Crippen MR) is 61.9 cm³/mol. The molecule has 0 heterocycles. The molecule has 1 saturated carbocycles. The quantitative estimate of drug-likeness (QED) is 0.779. The number of carbonyl (C=O) groups is 1. The Labute approximate surface area is 95.5 Å². The third-order valence-electron chi connectivity index (χ3n) is 2.84. The van der Waals surface area contributed by atoms with Crippen molar-refractivity contribution in [2.45, 2.75) is 25.3 Å². The minimum atomic E-state index is -0.157. The summed E-state index contributed by atoms with van der Waals surface area (Å²) in [7, 11) is 0. The van der Waals surface area contributed by atoms with Gasteiger partial charge in [0.2, 0.25) is 5.91 Å². The Morgan fingerprint density at radius 3 is 2.62 bits per heavy atom. The second-order valence-electron chi connectivity index (χ2n) is 4.35. The van der Waals surface area contributed by atoms with E-state index in [1.54, 1.807) is 0 Å². The van der Waals surface area contributed by atoms with E-state index in [-0.39, 0.29) is 24.5 Å². The topological polar surface area (TPSA) is 49.3 Å². The summed E-state index contributed by atoms with van der Waals surface area (Å²) in [6, 6.07) is 9.74. The van der Waals surface area contributed by atoms with Gasteiger partial charge in [0, 0.05) is 5.92 Å². The van der Waals surface area contributed by atoms with Gasteiger partial charge in [-0.05, 0) is 24.8 Å². The highest BCUT2D eigenvalue weighted by atomic mass is 16.3. The van der Waals surface area contributed by atoms with Crippen LogP contribution in [0.2, 0.25) is 0 Å². The average Bonchev–Trinajstić information content (AvgIpc) is 3.13. The van der Waals surface area contributed by atoms with Crippen molar-refractivity contribution in [3.8, 4) is 0 Å². The monoisotopic (exact) mass is 219 g/mol. The fraction of sp³-hybridized carbons (Fsp3) is 0.462. The second-order valence-corrected chi connectivity index (χ2v) is 4.35. The van der Waals surface area contributed by atoms with Gasteiger partial charge in [0.05, 0.1) is 12.6 Å². The molecule has 1 aromatic carbocycles. The van der Waals surface area contributed by atoms with E-state index >= 15 is 0 Å². The van der Waals surface area contributed by atoms with Crippen LogP contribution < -0.4 is 5.32 Å². The third kappa shape index (κ3) is 3.07. The van der Waals surface area contributed by atoms with Crippen LogP contribution in [0, 0.1) is 5.92 Å².